The number of likely N-dealkylation sites (tertiary alicyclic amines) is 1. The van der Waals surface area contributed by atoms with Gasteiger partial charge in [-0.25, -0.2) is 14.0 Å². The van der Waals surface area contributed by atoms with Gasteiger partial charge in [0.15, 0.2) is 0 Å². The first-order chi connectivity index (χ1) is 22.8. The van der Waals surface area contributed by atoms with Crippen molar-refractivity contribution < 1.29 is 28.7 Å². The van der Waals surface area contributed by atoms with E-state index in [0.717, 1.165) is 11.1 Å². The number of carboxylic acid groups (broad SMARTS) is 1. The van der Waals surface area contributed by atoms with E-state index in [2.05, 4.69) is 16.0 Å². The molecule has 0 bridgehead atoms. The van der Waals surface area contributed by atoms with Crippen molar-refractivity contribution in [3.8, 4) is 0 Å². The molecule has 1 fully saturated rings. The average molecular weight is 637 g/mol. The number of nitrogens with one attached hydrogen (secondary N) is 3. The molecule has 1 heterocycles. The molecular weight excluding hydrogens is 599 g/mol. The Bertz CT molecular complexity index is 1640. The van der Waals surface area contributed by atoms with Gasteiger partial charge >= 0.3 is 12.0 Å². The minimum Gasteiger partial charge on any atom is -0.480 e. The summed E-state index contributed by atoms with van der Waals surface area (Å²) >= 11 is 0. The van der Waals surface area contributed by atoms with Gasteiger partial charge in [0.1, 0.15) is 11.9 Å². The highest BCUT2D eigenvalue weighted by atomic mass is 19.1. The number of anilines is 1. The Morgan fingerprint density at radius 3 is 2.06 bits per heavy atom. The number of urea groups is 1. The van der Waals surface area contributed by atoms with E-state index in [1.165, 1.54) is 23.1 Å². The number of carbonyl (C=O) groups is 4. The predicted octanol–water partition coefficient (Wildman–Crippen LogP) is 5.44. The van der Waals surface area contributed by atoms with Crippen LogP contribution >= 0.6 is 0 Å². The van der Waals surface area contributed by atoms with Crippen LogP contribution in [0.25, 0.3) is 0 Å². The van der Waals surface area contributed by atoms with Crippen LogP contribution in [0, 0.1) is 11.7 Å². The third-order valence-corrected chi connectivity index (χ3v) is 8.32. The first-order valence-electron chi connectivity index (χ1n) is 15.6. The Balaban J connectivity index is 1.14. The zero-order valence-electron chi connectivity index (χ0n) is 25.8. The number of halogens is 1. The molecule has 0 saturated carbocycles. The summed E-state index contributed by atoms with van der Waals surface area (Å²) in [5.41, 5.74) is 3.29. The maximum atomic E-state index is 14.2. The molecule has 4 N–H and O–H groups in total. The highest BCUT2D eigenvalue weighted by Crippen LogP contribution is 2.24. The van der Waals surface area contributed by atoms with Gasteiger partial charge in [-0.15, -0.1) is 0 Å². The maximum absolute atomic E-state index is 14.2. The lowest BCUT2D eigenvalue weighted by atomic mass is 9.91. The summed E-state index contributed by atoms with van der Waals surface area (Å²) in [6.45, 7) is 0.845. The largest absolute Gasteiger partial charge is 0.480 e. The lowest BCUT2D eigenvalue weighted by molar-refractivity contribution is -0.142. The van der Waals surface area contributed by atoms with Crippen molar-refractivity contribution in [3.63, 3.8) is 0 Å². The molecule has 1 aliphatic rings. The van der Waals surface area contributed by atoms with E-state index < -0.39 is 35.6 Å². The molecule has 1 saturated heterocycles. The van der Waals surface area contributed by atoms with Crippen LogP contribution in [-0.2, 0) is 16.0 Å². The highest BCUT2D eigenvalue weighted by molar-refractivity contribution is 5.95. The van der Waals surface area contributed by atoms with E-state index in [1.807, 2.05) is 60.7 Å². The lowest BCUT2D eigenvalue weighted by Crippen LogP contribution is -2.50. The fourth-order valence-electron chi connectivity index (χ4n) is 5.80. The molecule has 242 valence electrons. The number of amides is 4. The second-order valence-electron chi connectivity index (χ2n) is 11.6. The second kappa shape index (κ2) is 15.7. The Labute approximate surface area is 272 Å². The van der Waals surface area contributed by atoms with Gasteiger partial charge in [-0.2, -0.15) is 0 Å². The third kappa shape index (κ3) is 8.82. The van der Waals surface area contributed by atoms with Crippen molar-refractivity contribution in [3.05, 3.63) is 137 Å². The molecule has 9 nitrogen and oxygen atoms in total. The molecule has 0 aliphatic carbocycles. The summed E-state index contributed by atoms with van der Waals surface area (Å²) in [5.74, 6) is -3.43. The van der Waals surface area contributed by atoms with Gasteiger partial charge < -0.3 is 26.0 Å². The van der Waals surface area contributed by atoms with Crippen molar-refractivity contribution >= 4 is 29.5 Å². The maximum Gasteiger partial charge on any atom is 0.326 e. The van der Waals surface area contributed by atoms with E-state index in [4.69, 9.17) is 0 Å². The molecular formula is C37H37FN4O5. The van der Waals surface area contributed by atoms with Crippen LogP contribution in [-0.4, -0.2) is 59.5 Å². The van der Waals surface area contributed by atoms with Gasteiger partial charge in [-0.05, 0) is 53.8 Å². The van der Waals surface area contributed by atoms with Crippen LogP contribution in [0.4, 0.5) is 14.9 Å². The smallest absolute Gasteiger partial charge is 0.326 e. The molecule has 5 rings (SSSR count). The standard InChI is InChI=1S/C37H37FN4O5/c38-32-16-8-7-15-30(32)35(44)42-21-9-14-28(24-42)34(43)41-33(36(45)46)22-25-17-19-29(20-18-25)40-37(47)39-23-31(26-10-3-1-4-11-26)27-12-5-2-6-13-27/h1-8,10-13,15-20,28,31,33H,9,14,21-24H2,(H,41,43)(H,45,46)(H2,39,40,47)/t28?,33-/m0/s1. The molecule has 4 aromatic rings. The molecule has 1 aliphatic heterocycles. The number of carboxylic acids is 1. The summed E-state index contributed by atoms with van der Waals surface area (Å²) in [6.07, 6.45) is 1.05. The molecule has 0 aromatic heterocycles. The third-order valence-electron chi connectivity index (χ3n) is 8.32. The topological polar surface area (TPSA) is 128 Å². The van der Waals surface area contributed by atoms with Crippen LogP contribution in [0.3, 0.4) is 0 Å². The number of aliphatic carboxylic acids is 1. The minimum absolute atomic E-state index is 0.0218. The minimum atomic E-state index is -1.20. The van der Waals surface area contributed by atoms with Crippen LogP contribution in [0.5, 0.6) is 0 Å². The van der Waals surface area contributed by atoms with Gasteiger partial charge in [-0.1, -0.05) is 84.9 Å². The molecule has 1 unspecified atom stereocenters. The normalized spacial score (nSPS) is 15.0. The van der Waals surface area contributed by atoms with Crippen molar-refractivity contribution in [1.29, 1.82) is 0 Å². The molecule has 0 radical (unpaired) electrons. The van der Waals surface area contributed by atoms with Crippen molar-refractivity contribution in [2.45, 2.75) is 31.2 Å². The molecule has 4 aromatic carbocycles. The van der Waals surface area contributed by atoms with Crippen LogP contribution in [0.15, 0.2) is 109 Å². The zero-order chi connectivity index (χ0) is 33.2. The quantitative estimate of drug-likeness (QED) is 0.174. The van der Waals surface area contributed by atoms with E-state index in [1.54, 1.807) is 30.3 Å². The van der Waals surface area contributed by atoms with Gasteiger partial charge in [-0.3, -0.25) is 9.59 Å². The molecule has 0 spiro atoms. The summed E-state index contributed by atoms with van der Waals surface area (Å²) in [6, 6.07) is 30.8. The fourth-order valence-corrected chi connectivity index (χ4v) is 5.80. The van der Waals surface area contributed by atoms with E-state index in [-0.39, 0.29) is 30.5 Å². The zero-order valence-corrected chi connectivity index (χ0v) is 25.8. The summed E-state index contributed by atoms with van der Waals surface area (Å²) in [7, 11) is 0. The summed E-state index contributed by atoms with van der Waals surface area (Å²) in [5, 5.41) is 18.2. The second-order valence-corrected chi connectivity index (χ2v) is 11.6. The predicted molar refractivity (Wildman–Crippen MR) is 176 cm³/mol. The Hall–Kier alpha value is -5.51. The summed E-state index contributed by atoms with van der Waals surface area (Å²) < 4.78 is 14.2. The first kappa shape index (κ1) is 32.9. The van der Waals surface area contributed by atoms with Gasteiger partial charge in [0.2, 0.25) is 5.91 Å². The van der Waals surface area contributed by atoms with Gasteiger partial charge in [0.25, 0.3) is 5.91 Å². The number of hydrogen-bond donors (Lipinski definition) is 4. The van der Waals surface area contributed by atoms with Gasteiger partial charge in [0.05, 0.1) is 11.5 Å². The van der Waals surface area contributed by atoms with E-state index >= 15 is 0 Å². The van der Waals surface area contributed by atoms with Crippen LogP contribution in [0.2, 0.25) is 0 Å². The summed E-state index contributed by atoms with van der Waals surface area (Å²) in [4.78, 5) is 52.3. The number of rotatable bonds is 11. The number of hydrogen-bond acceptors (Lipinski definition) is 4. The highest BCUT2D eigenvalue weighted by Gasteiger charge is 2.32. The van der Waals surface area contributed by atoms with Gasteiger partial charge in [0, 0.05) is 37.7 Å². The number of piperidine rings is 1. The van der Waals surface area contributed by atoms with Crippen LogP contribution < -0.4 is 16.0 Å². The molecule has 10 heteroatoms. The van der Waals surface area contributed by atoms with Crippen molar-refractivity contribution in [2.24, 2.45) is 5.92 Å². The lowest BCUT2D eigenvalue weighted by Gasteiger charge is -2.32. The van der Waals surface area contributed by atoms with Crippen molar-refractivity contribution in [2.75, 3.05) is 25.0 Å². The molecule has 47 heavy (non-hydrogen) atoms. The fraction of sp³-hybridized carbons (Fsp3) is 0.243. The average Bonchev–Trinajstić information content (AvgIpc) is 3.09. The van der Waals surface area contributed by atoms with E-state index in [0.29, 0.717) is 37.2 Å². The van der Waals surface area contributed by atoms with Crippen molar-refractivity contribution in [1.82, 2.24) is 15.5 Å². The SMILES string of the molecule is O=C(NCC(c1ccccc1)c1ccccc1)Nc1ccc(C[C@H](NC(=O)C2CCCN(C(=O)c3ccccc3F)C2)C(=O)O)cc1. The molecule has 2 atom stereocenters. The van der Waals surface area contributed by atoms with E-state index in [9.17, 15) is 28.7 Å². The number of benzene rings is 4. The first-order valence-corrected chi connectivity index (χ1v) is 15.6. The number of nitrogens with zero attached hydrogens (tertiary/aromatic N) is 1. The Kier molecular flexibility index (Phi) is 11.0. The monoisotopic (exact) mass is 636 g/mol. The Morgan fingerprint density at radius 2 is 1.45 bits per heavy atom. The van der Waals surface area contributed by atoms with Crippen LogP contribution in [0.1, 0.15) is 45.8 Å². The molecule has 4 amide bonds. The number of carbonyl (C=O) groups excluding carboxylic acids is 3. The Morgan fingerprint density at radius 1 is 0.830 bits per heavy atom.